The summed E-state index contributed by atoms with van der Waals surface area (Å²) in [6, 6.07) is 0. The van der Waals surface area contributed by atoms with E-state index < -0.39 is 0 Å². The second-order valence-electron chi connectivity index (χ2n) is 5.33. The molecule has 1 aliphatic carbocycles. The van der Waals surface area contributed by atoms with Crippen LogP contribution in [0, 0.1) is 5.92 Å². The maximum Gasteiger partial charge on any atom is 0.237 e. The van der Waals surface area contributed by atoms with Gasteiger partial charge in [0.15, 0.2) is 0 Å². The van der Waals surface area contributed by atoms with E-state index >= 15 is 0 Å². The third kappa shape index (κ3) is 2.09. The van der Waals surface area contributed by atoms with E-state index in [2.05, 4.69) is 30.3 Å². The first-order valence-corrected chi connectivity index (χ1v) is 7.38. The molecule has 1 atom stereocenters. The minimum absolute atomic E-state index is 0.247. The summed E-state index contributed by atoms with van der Waals surface area (Å²) in [5.41, 5.74) is 0. The number of nitrogens with one attached hydrogen (secondary N) is 1. The number of hydrogen-bond acceptors (Lipinski definition) is 3. The molecule has 1 aliphatic heterocycles. The monoisotopic (exact) mass is 242 g/mol. The molecule has 0 spiro atoms. The predicted octanol–water partition coefficient (Wildman–Crippen LogP) is 1.69. The molecular weight excluding hydrogens is 220 g/mol. The molecule has 1 saturated carbocycles. The Bertz CT molecular complexity index is 271. The Morgan fingerprint density at radius 2 is 2.25 bits per heavy atom. The SMILES string of the molecule is CSC1(CN2C(=O)CNC2C(C)C)CCC1. The van der Waals surface area contributed by atoms with Crippen LogP contribution in [0.25, 0.3) is 0 Å². The van der Waals surface area contributed by atoms with Gasteiger partial charge in [-0.15, -0.1) is 0 Å². The van der Waals surface area contributed by atoms with E-state index in [1.165, 1.54) is 19.3 Å². The molecule has 1 saturated heterocycles. The van der Waals surface area contributed by atoms with Gasteiger partial charge in [0.1, 0.15) is 0 Å². The highest BCUT2D eigenvalue weighted by molar-refractivity contribution is 8.00. The van der Waals surface area contributed by atoms with Gasteiger partial charge in [-0.05, 0) is 25.0 Å². The Hall–Kier alpha value is -0.220. The molecule has 4 heteroatoms. The van der Waals surface area contributed by atoms with Crippen LogP contribution in [0.1, 0.15) is 33.1 Å². The maximum atomic E-state index is 11.9. The lowest BCUT2D eigenvalue weighted by atomic mass is 9.83. The molecule has 1 heterocycles. The Labute approximate surface area is 102 Å². The molecule has 0 radical (unpaired) electrons. The smallest absolute Gasteiger partial charge is 0.237 e. The van der Waals surface area contributed by atoms with Crippen LogP contribution < -0.4 is 5.32 Å². The van der Waals surface area contributed by atoms with Crippen molar-refractivity contribution in [3.05, 3.63) is 0 Å². The predicted molar refractivity (Wildman–Crippen MR) is 68.4 cm³/mol. The van der Waals surface area contributed by atoms with Crippen molar-refractivity contribution in [2.24, 2.45) is 5.92 Å². The first kappa shape index (κ1) is 12.2. The summed E-state index contributed by atoms with van der Waals surface area (Å²) >= 11 is 1.94. The van der Waals surface area contributed by atoms with Crippen LogP contribution in [0.2, 0.25) is 0 Å². The van der Waals surface area contributed by atoms with Crippen molar-refractivity contribution in [1.29, 1.82) is 0 Å². The Morgan fingerprint density at radius 1 is 1.56 bits per heavy atom. The number of rotatable bonds is 4. The Balaban J connectivity index is 2.03. The molecule has 1 unspecified atom stereocenters. The number of nitrogens with zero attached hydrogens (tertiary/aromatic N) is 1. The van der Waals surface area contributed by atoms with E-state index in [0.29, 0.717) is 17.2 Å². The van der Waals surface area contributed by atoms with Gasteiger partial charge in [-0.2, -0.15) is 11.8 Å². The normalized spacial score (nSPS) is 28.6. The zero-order valence-electron chi connectivity index (χ0n) is 10.5. The summed E-state index contributed by atoms with van der Waals surface area (Å²) in [5.74, 6) is 0.768. The molecule has 0 aromatic rings. The minimum atomic E-state index is 0.247. The highest BCUT2D eigenvalue weighted by Crippen LogP contribution is 2.44. The molecule has 2 rings (SSSR count). The third-order valence-corrected chi connectivity index (χ3v) is 5.31. The fourth-order valence-corrected chi connectivity index (χ4v) is 3.61. The van der Waals surface area contributed by atoms with Crippen molar-refractivity contribution in [3.8, 4) is 0 Å². The molecule has 0 bridgehead atoms. The van der Waals surface area contributed by atoms with Gasteiger partial charge < -0.3 is 4.90 Å². The van der Waals surface area contributed by atoms with Gasteiger partial charge in [-0.25, -0.2) is 0 Å². The quantitative estimate of drug-likeness (QED) is 0.814. The highest BCUT2D eigenvalue weighted by atomic mass is 32.2. The second kappa shape index (κ2) is 4.57. The van der Waals surface area contributed by atoms with E-state index in [1.807, 2.05) is 11.8 Å². The number of amides is 1. The molecule has 1 N–H and O–H groups in total. The fourth-order valence-electron chi connectivity index (χ4n) is 2.65. The summed E-state index contributed by atoms with van der Waals surface area (Å²) in [6.45, 7) is 5.81. The van der Waals surface area contributed by atoms with Crippen LogP contribution in [-0.4, -0.2) is 41.1 Å². The van der Waals surface area contributed by atoms with Gasteiger partial charge in [0.2, 0.25) is 5.91 Å². The number of carbonyl (C=O) groups is 1. The first-order valence-electron chi connectivity index (χ1n) is 6.16. The van der Waals surface area contributed by atoms with Crippen LogP contribution in [0.15, 0.2) is 0 Å². The Kier molecular flexibility index (Phi) is 3.50. The lowest BCUT2D eigenvalue weighted by Gasteiger charge is -2.44. The molecule has 0 aromatic heterocycles. The largest absolute Gasteiger partial charge is 0.324 e. The van der Waals surface area contributed by atoms with E-state index in [-0.39, 0.29) is 12.1 Å². The van der Waals surface area contributed by atoms with Crippen molar-refractivity contribution >= 4 is 17.7 Å². The van der Waals surface area contributed by atoms with Crippen LogP contribution >= 0.6 is 11.8 Å². The van der Waals surface area contributed by atoms with E-state index in [9.17, 15) is 4.79 Å². The van der Waals surface area contributed by atoms with Crippen LogP contribution in [-0.2, 0) is 4.79 Å². The number of hydrogen-bond donors (Lipinski definition) is 1. The molecule has 92 valence electrons. The van der Waals surface area contributed by atoms with Crippen molar-refractivity contribution in [2.75, 3.05) is 19.3 Å². The van der Waals surface area contributed by atoms with E-state index in [0.717, 1.165) is 6.54 Å². The van der Waals surface area contributed by atoms with Gasteiger partial charge in [0.05, 0.1) is 12.7 Å². The fraction of sp³-hybridized carbons (Fsp3) is 0.917. The highest BCUT2D eigenvalue weighted by Gasteiger charge is 2.42. The molecular formula is C12H22N2OS. The zero-order chi connectivity index (χ0) is 11.8. The average Bonchev–Trinajstić information content (AvgIpc) is 2.54. The standard InChI is InChI=1S/C12H22N2OS/c1-9(2)11-13-7-10(15)14(11)8-12(16-3)5-4-6-12/h9,11,13H,4-8H2,1-3H3. The maximum absolute atomic E-state index is 11.9. The summed E-state index contributed by atoms with van der Waals surface area (Å²) in [6.07, 6.45) is 6.28. The van der Waals surface area contributed by atoms with E-state index in [1.54, 1.807) is 0 Å². The van der Waals surface area contributed by atoms with Crippen molar-refractivity contribution in [2.45, 2.75) is 44.0 Å². The molecule has 3 nitrogen and oxygen atoms in total. The first-order chi connectivity index (χ1) is 7.58. The topological polar surface area (TPSA) is 32.3 Å². The second-order valence-corrected chi connectivity index (χ2v) is 6.61. The molecule has 2 fully saturated rings. The van der Waals surface area contributed by atoms with Crippen LogP contribution in [0.5, 0.6) is 0 Å². The summed E-state index contributed by atoms with van der Waals surface area (Å²) in [7, 11) is 0. The van der Waals surface area contributed by atoms with Crippen molar-refractivity contribution in [3.63, 3.8) is 0 Å². The summed E-state index contributed by atoms with van der Waals surface area (Å²) in [4.78, 5) is 13.9. The van der Waals surface area contributed by atoms with Gasteiger partial charge >= 0.3 is 0 Å². The lowest BCUT2D eigenvalue weighted by molar-refractivity contribution is -0.129. The van der Waals surface area contributed by atoms with Crippen LogP contribution in [0.3, 0.4) is 0 Å². The van der Waals surface area contributed by atoms with Gasteiger partial charge in [-0.3, -0.25) is 10.1 Å². The zero-order valence-corrected chi connectivity index (χ0v) is 11.3. The molecule has 2 aliphatic rings. The lowest BCUT2D eigenvalue weighted by Crippen LogP contribution is -2.51. The molecule has 16 heavy (non-hydrogen) atoms. The van der Waals surface area contributed by atoms with Gasteiger partial charge in [0, 0.05) is 11.3 Å². The molecule has 0 aromatic carbocycles. The minimum Gasteiger partial charge on any atom is -0.324 e. The van der Waals surface area contributed by atoms with Crippen LogP contribution in [0.4, 0.5) is 0 Å². The van der Waals surface area contributed by atoms with Crippen molar-refractivity contribution < 1.29 is 4.79 Å². The average molecular weight is 242 g/mol. The van der Waals surface area contributed by atoms with E-state index in [4.69, 9.17) is 0 Å². The number of thioether (sulfide) groups is 1. The third-order valence-electron chi connectivity index (χ3n) is 3.91. The summed E-state index contributed by atoms with van der Waals surface area (Å²) < 4.78 is 0.356. The van der Waals surface area contributed by atoms with Crippen molar-refractivity contribution in [1.82, 2.24) is 10.2 Å². The summed E-state index contributed by atoms with van der Waals surface area (Å²) in [5, 5.41) is 3.32. The van der Waals surface area contributed by atoms with Gasteiger partial charge in [0.25, 0.3) is 0 Å². The number of carbonyl (C=O) groups excluding carboxylic acids is 1. The molecule has 1 amide bonds. The van der Waals surface area contributed by atoms with Gasteiger partial charge in [-0.1, -0.05) is 20.3 Å². The Morgan fingerprint density at radius 3 is 2.69 bits per heavy atom.